The van der Waals surface area contributed by atoms with E-state index < -0.39 is 0 Å². The van der Waals surface area contributed by atoms with Crippen LogP contribution in [0.2, 0.25) is 0 Å². The van der Waals surface area contributed by atoms with Crippen molar-refractivity contribution >= 4 is 5.69 Å². The lowest BCUT2D eigenvalue weighted by Crippen LogP contribution is -2.17. The third kappa shape index (κ3) is 2.97. The van der Waals surface area contributed by atoms with E-state index in [4.69, 9.17) is 0 Å². The van der Waals surface area contributed by atoms with E-state index in [9.17, 15) is 9.18 Å². The van der Waals surface area contributed by atoms with Crippen LogP contribution in [0.5, 0.6) is 0 Å². The number of rotatable bonds is 4. The number of aryl methyl sites for hydroxylation is 1. The minimum atomic E-state index is -0.243. The molecule has 0 aliphatic heterocycles. The normalized spacial score (nSPS) is 10.3. The summed E-state index contributed by atoms with van der Waals surface area (Å²) in [6, 6.07) is 9.69. The van der Waals surface area contributed by atoms with Crippen LogP contribution in [0.15, 0.2) is 47.4 Å². The molecule has 1 aromatic carbocycles. The van der Waals surface area contributed by atoms with Gasteiger partial charge < -0.3 is 9.88 Å². The Morgan fingerprint density at radius 1 is 1.28 bits per heavy atom. The first-order valence-electron chi connectivity index (χ1n) is 5.88. The summed E-state index contributed by atoms with van der Waals surface area (Å²) < 4.78 is 14.6. The van der Waals surface area contributed by atoms with Gasteiger partial charge in [0.25, 0.3) is 5.56 Å². The van der Waals surface area contributed by atoms with Crippen LogP contribution in [0.1, 0.15) is 12.5 Å². The minimum absolute atomic E-state index is 0.0196. The molecule has 0 aliphatic carbocycles. The van der Waals surface area contributed by atoms with Gasteiger partial charge in [0, 0.05) is 25.4 Å². The minimum Gasteiger partial charge on any atom is -0.380 e. The summed E-state index contributed by atoms with van der Waals surface area (Å²) in [5.41, 5.74) is 1.69. The summed E-state index contributed by atoms with van der Waals surface area (Å²) in [4.78, 5) is 11.4. The van der Waals surface area contributed by atoms with Gasteiger partial charge in [-0.1, -0.05) is 12.1 Å². The second-order valence-corrected chi connectivity index (χ2v) is 4.03. The van der Waals surface area contributed by atoms with Gasteiger partial charge in [0.1, 0.15) is 5.82 Å². The van der Waals surface area contributed by atoms with E-state index >= 15 is 0 Å². The van der Waals surface area contributed by atoms with Crippen molar-refractivity contribution in [1.82, 2.24) is 4.57 Å². The molecule has 0 saturated carbocycles. The van der Waals surface area contributed by atoms with Crippen molar-refractivity contribution in [2.45, 2.75) is 20.0 Å². The van der Waals surface area contributed by atoms with Crippen molar-refractivity contribution < 1.29 is 4.39 Å². The smallest absolute Gasteiger partial charge is 0.250 e. The zero-order valence-electron chi connectivity index (χ0n) is 10.2. The highest BCUT2D eigenvalue weighted by Gasteiger charge is 1.98. The van der Waals surface area contributed by atoms with Crippen LogP contribution in [0.25, 0.3) is 0 Å². The third-order valence-corrected chi connectivity index (χ3v) is 2.71. The summed E-state index contributed by atoms with van der Waals surface area (Å²) in [5, 5.41) is 3.16. The van der Waals surface area contributed by atoms with Gasteiger partial charge in [-0.15, -0.1) is 0 Å². The topological polar surface area (TPSA) is 34.0 Å². The molecule has 0 fully saturated rings. The van der Waals surface area contributed by atoms with Gasteiger partial charge in [-0.05, 0) is 30.7 Å². The van der Waals surface area contributed by atoms with Crippen LogP contribution in [-0.4, -0.2) is 4.57 Å². The first-order chi connectivity index (χ1) is 8.69. The molecule has 2 rings (SSSR count). The number of anilines is 1. The van der Waals surface area contributed by atoms with Crippen molar-refractivity contribution in [3.8, 4) is 0 Å². The van der Waals surface area contributed by atoms with Crippen LogP contribution in [-0.2, 0) is 13.1 Å². The Morgan fingerprint density at radius 2 is 2.11 bits per heavy atom. The standard InChI is InChI=1S/C14H15FN2O/c1-2-17-10-13(6-7-14(17)18)16-9-11-4-3-5-12(15)8-11/h3-8,10,16H,2,9H2,1H3. The van der Waals surface area contributed by atoms with Crippen LogP contribution in [0, 0.1) is 5.82 Å². The van der Waals surface area contributed by atoms with E-state index in [1.807, 2.05) is 13.0 Å². The lowest BCUT2D eigenvalue weighted by Gasteiger charge is -2.09. The van der Waals surface area contributed by atoms with Crippen LogP contribution in [0.4, 0.5) is 10.1 Å². The van der Waals surface area contributed by atoms with Crippen molar-refractivity contribution in [3.63, 3.8) is 0 Å². The van der Waals surface area contributed by atoms with Gasteiger partial charge in [0.05, 0.1) is 5.69 Å². The molecule has 0 bridgehead atoms. The summed E-state index contributed by atoms with van der Waals surface area (Å²) in [6.45, 7) is 3.08. The molecule has 0 amide bonds. The van der Waals surface area contributed by atoms with E-state index in [2.05, 4.69) is 5.32 Å². The fourth-order valence-corrected chi connectivity index (χ4v) is 1.73. The quantitative estimate of drug-likeness (QED) is 0.899. The Balaban J connectivity index is 2.08. The fraction of sp³-hybridized carbons (Fsp3) is 0.214. The van der Waals surface area contributed by atoms with Crippen LogP contribution < -0.4 is 10.9 Å². The summed E-state index contributed by atoms with van der Waals surface area (Å²) in [5.74, 6) is -0.243. The average molecular weight is 246 g/mol. The maximum atomic E-state index is 13.0. The van der Waals surface area contributed by atoms with Crippen molar-refractivity contribution in [2.75, 3.05) is 5.32 Å². The molecular formula is C14H15FN2O. The molecule has 1 heterocycles. The van der Waals surface area contributed by atoms with Gasteiger partial charge in [-0.3, -0.25) is 4.79 Å². The molecule has 18 heavy (non-hydrogen) atoms. The number of pyridine rings is 1. The molecule has 0 atom stereocenters. The van der Waals surface area contributed by atoms with Gasteiger partial charge in [0.15, 0.2) is 0 Å². The largest absolute Gasteiger partial charge is 0.380 e. The zero-order valence-corrected chi connectivity index (χ0v) is 10.2. The van der Waals surface area contributed by atoms with E-state index in [1.54, 1.807) is 22.9 Å². The van der Waals surface area contributed by atoms with Crippen molar-refractivity contribution in [3.05, 3.63) is 64.3 Å². The number of halogens is 1. The molecule has 1 aromatic heterocycles. The number of nitrogens with one attached hydrogen (secondary N) is 1. The lowest BCUT2D eigenvalue weighted by molar-refractivity contribution is 0.626. The van der Waals surface area contributed by atoms with Crippen LogP contribution in [0.3, 0.4) is 0 Å². The molecule has 94 valence electrons. The highest BCUT2D eigenvalue weighted by Crippen LogP contribution is 2.08. The molecule has 1 N–H and O–H groups in total. The summed E-state index contributed by atoms with van der Waals surface area (Å²) >= 11 is 0. The molecule has 0 spiro atoms. The maximum absolute atomic E-state index is 13.0. The fourth-order valence-electron chi connectivity index (χ4n) is 1.73. The molecule has 0 unspecified atom stereocenters. The zero-order chi connectivity index (χ0) is 13.0. The van der Waals surface area contributed by atoms with Crippen molar-refractivity contribution in [2.24, 2.45) is 0 Å². The predicted octanol–water partition coefficient (Wildman–Crippen LogP) is 2.62. The maximum Gasteiger partial charge on any atom is 0.250 e. The summed E-state index contributed by atoms with van der Waals surface area (Å²) in [7, 11) is 0. The number of nitrogens with zero attached hydrogens (tertiary/aromatic N) is 1. The Morgan fingerprint density at radius 3 is 2.83 bits per heavy atom. The van der Waals surface area contributed by atoms with E-state index in [1.165, 1.54) is 18.2 Å². The highest BCUT2D eigenvalue weighted by molar-refractivity contribution is 5.41. The van der Waals surface area contributed by atoms with Gasteiger partial charge in [-0.2, -0.15) is 0 Å². The first-order valence-corrected chi connectivity index (χ1v) is 5.88. The van der Waals surface area contributed by atoms with Crippen molar-refractivity contribution in [1.29, 1.82) is 0 Å². The number of hydrogen-bond donors (Lipinski definition) is 1. The predicted molar refractivity (Wildman–Crippen MR) is 70.1 cm³/mol. The molecule has 2 aromatic rings. The Bertz CT molecular complexity index is 592. The van der Waals surface area contributed by atoms with Crippen LogP contribution >= 0.6 is 0 Å². The molecule has 3 nitrogen and oxygen atoms in total. The van der Waals surface area contributed by atoms with Gasteiger partial charge in [-0.25, -0.2) is 4.39 Å². The van der Waals surface area contributed by atoms with E-state index in [0.717, 1.165) is 11.3 Å². The highest BCUT2D eigenvalue weighted by atomic mass is 19.1. The first kappa shape index (κ1) is 12.4. The number of benzene rings is 1. The second-order valence-electron chi connectivity index (χ2n) is 4.03. The Hall–Kier alpha value is -2.10. The third-order valence-electron chi connectivity index (χ3n) is 2.71. The van der Waals surface area contributed by atoms with E-state index in [0.29, 0.717) is 13.1 Å². The van der Waals surface area contributed by atoms with Gasteiger partial charge in [0.2, 0.25) is 0 Å². The number of hydrogen-bond acceptors (Lipinski definition) is 2. The Labute approximate surface area is 105 Å². The molecular weight excluding hydrogens is 231 g/mol. The Kier molecular flexibility index (Phi) is 3.77. The SMILES string of the molecule is CCn1cc(NCc2cccc(F)c2)ccc1=O. The lowest BCUT2D eigenvalue weighted by atomic mass is 10.2. The molecule has 0 aliphatic rings. The monoisotopic (exact) mass is 246 g/mol. The summed E-state index contributed by atoms with van der Waals surface area (Å²) in [6.07, 6.45) is 1.77. The van der Waals surface area contributed by atoms with E-state index in [-0.39, 0.29) is 11.4 Å². The number of aromatic nitrogens is 1. The second kappa shape index (κ2) is 5.49. The molecule has 4 heteroatoms. The average Bonchev–Trinajstić information content (AvgIpc) is 2.38. The molecule has 0 saturated heterocycles. The molecule has 0 radical (unpaired) electrons. The van der Waals surface area contributed by atoms with Gasteiger partial charge >= 0.3 is 0 Å².